The Bertz CT molecular complexity index is 407. The summed E-state index contributed by atoms with van der Waals surface area (Å²) >= 11 is 1.83. The molecule has 2 rings (SSSR count). The van der Waals surface area contributed by atoms with Crippen molar-refractivity contribution in [3.8, 4) is 0 Å². The van der Waals surface area contributed by atoms with Gasteiger partial charge in [0.25, 0.3) is 0 Å². The first-order chi connectivity index (χ1) is 9.19. The molecule has 1 aromatic rings. The average Bonchev–Trinajstić information content (AvgIpc) is 3.04. The van der Waals surface area contributed by atoms with Gasteiger partial charge in [0.05, 0.1) is 11.8 Å². The van der Waals surface area contributed by atoms with Crippen molar-refractivity contribution in [2.45, 2.75) is 45.3 Å². The summed E-state index contributed by atoms with van der Waals surface area (Å²) in [4.78, 5) is 8.65. The number of hydrogen-bond acceptors (Lipinski definition) is 5. The van der Waals surface area contributed by atoms with Crippen LogP contribution in [-0.2, 0) is 11.3 Å². The Hall–Kier alpha value is -0.650. The Morgan fingerprint density at radius 2 is 2.37 bits per heavy atom. The van der Waals surface area contributed by atoms with Gasteiger partial charge in [-0.3, -0.25) is 0 Å². The fraction of sp³-hybridized carbons (Fsp3) is 0.786. The van der Waals surface area contributed by atoms with Gasteiger partial charge in [0.15, 0.2) is 5.13 Å². The number of anilines is 1. The second-order valence-electron chi connectivity index (χ2n) is 5.24. The molecule has 2 unspecified atom stereocenters. The van der Waals surface area contributed by atoms with Gasteiger partial charge in [-0.15, -0.1) is 11.3 Å². The van der Waals surface area contributed by atoms with Crippen LogP contribution in [-0.4, -0.2) is 38.3 Å². The van der Waals surface area contributed by atoms with Gasteiger partial charge < -0.3 is 15.0 Å². The number of rotatable bonds is 6. The van der Waals surface area contributed by atoms with Crippen molar-refractivity contribution in [3.63, 3.8) is 0 Å². The molecule has 19 heavy (non-hydrogen) atoms. The third kappa shape index (κ3) is 3.27. The molecule has 2 atom stereocenters. The number of aromatic nitrogens is 1. The molecule has 1 aliphatic heterocycles. The molecule has 0 bridgehead atoms. The molecule has 5 heteroatoms. The van der Waals surface area contributed by atoms with Gasteiger partial charge in [-0.05, 0) is 25.8 Å². The van der Waals surface area contributed by atoms with E-state index in [9.17, 15) is 0 Å². The first-order valence-corrected chi connectivity index (χ1v) is 7.93. The third-order valence-electron chi connectivity index (χ3n) is 3.88. The number of ether oxygens (including phenoxy) is 1. The zero-order valence-electron chi connectivity index (χ0n) is 12.4. The Kier molecular flexibility index (Phi) is 5.19. The molecule has 0 saturated carbocycles. The molecule has 4 nitrogen and oxygen atoms in total. The van der Waals surface area contributed by atoms with E-state index in [4.69, 9.17) is 9.72 Å². The number of methoxy groups -OCH3 is 1. The molecule has 108 valence electrons. The number of hydrogen-bond donors (Lipinski definition) is 1. The fourth-order valence-electron chi connectivity index (χ4n) is 2.45. The van der Waals surface area contributed by atoms with Crippen molar-refractivity contribution in [2.75, 3.05) is 32.1 Å². The maximum Gasteiger partial charge on any atom is 0.185 e. The molecule has 1 aromatic heterocycles. The zero-order valence-corrected chi connectivity index (χ0v) is 13.2. The lowest BCUT2D eigenvalue weighted by Gasteiger charge is -2.14. The summed E-state index contributed by atoms with van der Waals surface area (Å²) in [5.74, 6) is 0.536. The monoisotopic (exact) mass is 283 g/mol. The van der Waals surface area contributed by atoms with Gasteiger partial charge >= 0.3 is 0 Å². The third-order valence-corrected chi connectivity index (χ3v) is 5.01. The van der Waals surface area contributed by atoms with Gasteiger partial charge in [-0.2, -0.15) is 0 Å². The smallest absolute Gasteiger partial charge is 0.185 e. The van der Waals surface area contributed by atoms with Crippen LogP contribution in [0.25, 0.3) is 0 Å². The SMILES string of the molecule is CCC(C)c1nc(N2CCC(OC)C2)sc1CNC. The van der Waals surface area contributed by atoms with E-state index in [2.05, 4.69) is 24.1 Å². The van der Waals surface area contributed by atoms with E-state index in [0.717, 1.165) is 32.5 Å². The van der Waals surface area contributed by atoms with E-state index in [1.165, 1.54) is 15.7 Å². The van der Waals surface area contributed by atoms with Crippen LogP contribution in [0.3, 0.4) is 0 Å². The predicted molar refractivity (Wildman–Crippen MR) is 81.2 cm³/mol. The van der Waals surface area contributed by atoms with E-state index in [0.29, 0.717) is 12.0 Å². The van der Waals surface area contributed by atoms with Gasteiger partial charge in [0.1, 0.15) is 0 Å². The van der Waals surface area contributed by atoms with Crippen LogP contribution in [0, 0.1) is 0 Å². The molecule has 1 N–H and O–H groups in total. The van der Waals surface area contributed by atoms with Crippen molar-refractivity contribution in [3.05, 3.63) is 10.6 Å². The fourth-order valence-corrected chi connectivity index (χ4v) is 3.67. The van der Waals surface area contributed by atoms with Gasteiger partial charge in [0, 0.05) is 31.6 Å². The highest BCUT2D eigenvalue weighted by Gasteiger charge is 2.26. The standard InChI is InChI=1S/C14H25N3OS/c1-5-10(2)13-12(8-15-3)19-14(16-13)17-7-6-11(9-17)18-4/h10-11,15H,5-9H2,1-4H3. The Morgan fingerprint density at radius 1 is 1.58 bits per heavy atom. The van der Waals surface area contributed by atoms with E-state index < -0.39 is 0 Å². The first kappa shape index (κ1) is 14.8. The van der Waals surface area contributed by atoms with Crippen LogP contribution in [0.1, 0.15) is 43.2 Å². The maximum absolute atomic E-state index is 5.44. The first-order valence-electron chi connectivity index (χ1n) is 7.11. The van der Waals surface area contributed by atoms with Gasteiger partial charge in [0.2, 0.25) is 0 Å². The summed E-state index contributed by atoms with van der Waals surface area (Å²) in [6.45, 7) is 7.44. The van der Waals surface area contributed by atoms with E-state index in [-0.39, 0.29) is 0 Å². The number of nitrogens with zero attached hydrogens (tertiary/aromatic N) is 2. The van der Waals surface area contributed by atoms with Crippen molar-refractivity contribution in [1.82, 2.24) is 10.3 Å². The molecule has 0 aromatic carbocycles. The zero-order chi connectivity index (χ0) is 13.8. The lowest BCUT2D eigenvalue weighted by molar-refractivity contribution is 0.121. The quantitative estimate of drug-likeness (QED) is 0.871. The lowest BCUT2D eigenvalue weighted by atomic mass is 10.0. The second kappa shape index (κ2) is 6.68. The molecule has 0 radical (unpaired) electrons. The summed E-state index contributed by atoms with van der Waals surface area (Å²) in [6.07, 6.45) is 2.61. The van der Waals surface area contributed by atoms with E-state index >= 15 is 0 Å². The van der Waals surface area contributed by atoms with Gasteiger partial charge in [-0.1, -0.05) is 13.8 Å². The highest BCUT2D eigenvalue weighted by molar-refractivity contribution is 7.15. The summed E-state index contributed by atoms with van der Waals surface area (Å²) in [5.41, 5.74) is 1.28. The molecular formula is C14H25N3OS. The highest BCUT2D eigenvalue weighted by Crippen LogP contribution is 2.33. The minimum atomic E-state index is 0.365. The summed E-state index contributed by atoms with van der Waals surface area (Å²) in [6, 6.07) is 0. The van der Waals surface area contributed by atoms with E-state index in [1.54, 1.807) is 7.11 Å². The Labute approximate surface area is 120 Å². The van der Waals surface area contributed by atoms with Crippen molar-refractivity contribution in [2.24, 2.45) is 0 Å². The van der Waals surface area contributed by atoms with Crippen molar-refractivity contribution < 1.29 is 4.74 Å². The maximum atomic E-state index is 5.44. The molecule has 0 aliphatic carbocycles. The summed E-state index contributed by atoms with van der Waals surface area (Å²) in [5, 5.41) is 4.42. The molecule has 1 aliphatic rings. The summed E-state index contributed by atoms with van der Waals surface area (Å²) < 4.78 is 5.44. The van der Waals surface area contributed by atoms with Crippen LogP contribution in [0.5, 0.6) is 0 Å². The topological polar surface area (TPSA) is 37.4 Å². The van der Waals surface area contributed by atoms with Crippen LogP contribution < -0.4 is 10.2 Å². The molecule has 2 heterocycles. The second-order valence-corrected chi connectivity index (χ2v) is 6.30. The predicted octanol–water partition coefficient (Wildman–Crippen LogP) is 2.60. The van der Waals surface area contributed by atoms with Gasteiger partial charge in [-0.25, -0.2) is 4.98 Å². The Morgan fingerprint density at radius 3 is 2.95 bits per heavy atom. The largest absolute Gasteiger partial charge is 0.380 e. The average molecular weight is 283 g/mol. The lowest BCUT2D eigenvalue weighted by Crippen LogP contribution is -2.22. The molecule has 0 spiro atoms. The normalized spacial score (nSPS) is 21.1. The van der Waals surface area contributed by atoms with Crippen LogP contribution in [0.4, 0.5) is 5.13 Å². The number of thiazole rings is 1. The van der Waals surface area contributed by atoms with Crippen LogP contribution in [0.2, 0.25) is 0 Å². The summed E-state index contributed by atoms with van der Waals surface area (Å²) in [7, 11) is 3.80. The van der Waals surface area contributed by atoms with Crippen LogP contribution >= 0.6 is 11.3 Å². The highest BCUT2D eigenvalue weighted by atomic mass is 32.1. The molecule has 1 saturated heterocycles. The Balaban J connectivity index is 2.17. The van der Waals surface area contributed by atoms with E-state index in [1.807, 2.05) is 18.4 Å². The minimum Gasteiger partial charge on any atom is -0.380 e. The minimum absolute atomic E-state index is 0.365. The molecular weight excluding hydrogens is 258 g/mol. The number of nitrogens with one attached hydrogen (secondary N) is 1. The van der Waals surface area contributed by atoms with Crippen molar-refractivity contribution in [1.29, 1.82) is 0 Å². The molecule has 1 fully saturated rings. The molecule has 0 amide bonds. The van der Waals surface area contributed by atoms with Crippen molar-refractivity contribution >= 4 is 16.5 Å². The van der Waals surface area contributed by atoms with Crippen LogP contribution in [0.15, 0.2) is 0 Å².